The van der Waals surface area contributed by atoms with Crippen LogP contribution in [0.25, 0.3) is 0 Å². The van der Waals surface area contributed by atoms with Gasteiger partial charge in [0.1, 0.15) is 6.10 Å². The summed E-state index contributed by atoms with van der Waals surface area (Å²) in [7, 11) is 2.87. The number of benzene rings is 1. The highest BCUT2D eigenvalue weighted by Gasteiger charge is 2.43. The van der Waals surface area contributed by atoms with Crippen molar-refractivity contribution in [3.63, 3.8) is 0 Å². The molecule has 3 rings (SSSR count). The Bertz CT molecular complexity index is 747. The minimum Gasteiger partial charge on any atom is -0.504 e. The summed E-state index contributed by atoms with van der Waals surface area (Å²) >= 11 is 0. The summed E-state index contributed by atoms with van der Waals surface area (Å²) in [6.07, 6.45) is 1.93. The number of methoxy groups -OCH3 is 2. The van der Waals surface area contributed by atoms with E-state index in [4.69, 9.17) is 14.2 Å². The summed E-state index contributed by atoms with van der Waals surface area (Å²) in [5, 5.41) is 21.7. The Labute approximate surface area is 166 Å². The van der Waals surface area contributed by atoms with Crippen LogP contribution in [0.15, 0.2) is 0 Å². The normalized spacial score (nSPS) is 24.4. The predicted octanol–water partition coefficient (Wildman–Crippen LogP) is 3.01. The van der Waals surface area contributed by atoms with Crippen LogP contribution in [0.5, 0.6) is 23.0 Å². The van der Waals surface area contributed by atoms with Crippen molar-refractivity contribution in [3.8, 4) is 23.0 Å². The van der Waals surface area contributed by atoms with Crippen LogP contribution in [-0.2, 0) is 16.0 Å². The number of rotatable bonds is 5. The largest absolute Gasteiger partial charge is 0.504 e. The summed E-state index contributed by atoms with van der Waals surface area (Å²) in [5.41, 5.74) is 1.34. The van der Waals surface area contributed by atoms with Crippen molar-refractivity contribution in [2.45, 2.75) is 52.2 Å². The summed E-state index contributed by atoms with van der Waals surface area (Å²) in [6.45, 7) is 7.33. The first-order chi connectivity index (χ1) is 13.3. The number of carbonyl (C=O) groups is 1. The molecule has 2 N–H and O–H groups in total. The number of hydrogen-bond acceptors (Lipinski definition) is 7. The van der Waals surface area contributed by atoms with Gasteiger partial charge in [0.25, 0.3) is 0 Å². The van der Waals surface area contributed by atoms with Gasteiger partial charge in [0.15, 0.2) is 11.5 Å². The van der Waals surface area contributed by atoms with Gasteiger partial charge < -0.3 is 24.4 Å². The van der Waals surface area contributed by atoms with E-state index in [0.717, 1.165) is 19.5 Å². The van der Waals surface area contributed by atoms with Gasteiger partial charge in [-0.1, -0.05) is 13.8 Å². The van der Waals surface area contributed by atoms with Gasteiger partial charge in [0.05, 0.1) is 14.2 Å². The van der Waals surface area contributed by atoms with Gasteiger partial charge in [-0.3, -0.25) is 9.69 Å². The highest BCUT2D eigenvalue weighted by Crippen LogP contribution is 2.54. The van der Waals surface area contributed by atoms with Crippen molar-refractivity contribution >= 4 is 5.97 Å². The topological polar surface area (TPSA) is 88.5 Å². The number of aromatic hydroxyl groups is 2. The molecule has 3 atom stereocenters. The molecule has 1 aromatic carbocycles. The first-order valence-corrected chi connectivity index (χ1v) is 9.88. The Kier molecular flexibility index (Phi) is 5.93. The molecule has 2 aliphatic heterocycles. The Morgan fingerprint density at radius 1 is 1.18 bits per heavy atom. The molecule has 2 heterocycles. The average Bonchev–Trinajstić information content (AvgIpc) is 2.63. The zero-order chi connectivity index (χ0) is 20.6. The maximum atomic E-state index is 11.7. The van der Waals surface area contributed by atoms with Crippen molar-refractivity contribution in [2.75, 3.05) is 27.3 Å². The van der Waals surface area contributed by atoms with E-state index >= 15 is 0 Å². The van der Waals surface area contributed by atoms with Crippen LogP contribution in [0.1, 0.15) is 50.8 Å². The van der Waals surface area contributed by atoms with Crippen LogP contribution in [-0.4, -0.2) is 54.5 Å². The SMILES string of the molecule is COc1c(O)c2c(c(O)c1OC)C1CC(OC(C)=O)C(CC(C)C)CN1CC2. The molecule has 0 aliphatic carbocycles. The van der Waals surface area contributed by atoms with Gasteiger partial charge in [-0.2, -0.15) is 0 Å². The fourth-order valence-corrected chi connectivity index (χ4v) is 4.84. The van der Waals surface area contributed by atoms with Gasteiger partial charge in [0.2, 0.25) is 11.5 Å². The molecular formula is C21H31NO6. The molecule has 1 aromatic rings. The molecule has 7 heteroatoms. The van der Waals surface area contributed by atoms with Crippen molar-refractivity contribution in [3.05, 3.63) is 11.1 Å². The molecule has 1 saturated heterocycles. The van der Waals surface area contributed by atoms with Gasteiger partial charge in [0, 0.05) is 49.5 Å². The average molecular weight is 393 g/mol. The second-order valence-electron chi connectivity index (χ2n) is 8.19. The highest BCUT2D eigenvalue weighted by molar-refractivity contribution is 5.68. The van der Waals surface area contributed by atoms with Crippen molar-refractivity contribution in [1.82, 2.24) is 4.90 Å². The molecule has 0 spiro atoms. The summed E-state index contributed by atoms with van der Waals surface area (Å²) < 4.78 is 16.3. The number of carbonyl (C=O) groups excluding carboxylic acids is 1. The molecule has 0 saturated carbocycles. The molecule has 156 valence electrons. The predicted molar refractivity (Wildman–Crippen MR) is 104 cm³/mol. The van der Waals surface area contributed by atoms with E-state index in [1.165, 1.54) is 21.1 Å². The van der Waals surface area contributed by atoms with Crippen molar-refractivity contribution in [2.24, 2.45) is 11.8 Å². The molecule has 1 fully saturated rings. The van der Waals surface area contributed by atoms with Crippen LogP contribution >= 0.6 is 0 Å². The number of piperidine rings is 1. The number of esters is 1. The number of nitrogens with zero attached hydrogens (tertiary/aromatic N) is 1. The van der Waals surface area contributed by atoms with E-state index in [1.54, 1.807) is 0 Å². The maximum absolute atomic E-state index is 11.7. The first kappa shape index (κ1) is 20.6. The lowest BCUT2D eigenvalue weighted by Gasteiger charge is -2.47. The monoisotopic (exact) mass is 393 g/mol. The van der Waals surface area contributed by atoms with Crippen LogP contribution in [0.4, 0.5) is 0 Å². The number of phenols is 2. The number of hydrogen-bond donors (Lipinski definition) is 2. The van der Waals surface area contributed by atoms with Crippen LogP contribution in [0.2, 0.25) is 0 Å². The molecular weight excluding hydrogens is 362 g/mol. The third-order valence-corrected chi connectivity index (χ3v) is 5.88. The first-order valence-electron chi connectivity index (χ1n) is 9.88. The molecule has 3 unspecified atom stereocenters. The zero-order valence-corrected chi connectivity index (χ0v) is 17.3. The lowest BCUT2D eigenvalue weighted by Crippen LogP contribution is -2.49. The second-order valence-corrected chi connectivity index (χ2v) is 8.19. The highest BCUT2D eigenvalue weighted by atomic mass is 16.5. The number of phenolic OH excluding ortho intramolecular Hbond substituents is 2. The molecule has 28 heavy (non-hydrogen) atoms. The Morgan fingerprint density at radius 3 is 2.39 bits per heavy atom. The third kappa shape index (κ3) is 3.60. The van der Waals surface area contributed by atoms with Gasteiger partial charge in [-0.15, -0.1) is 0 Å². The van der Waals surface area contributed by atoms with E-state index in [1.807, 2.05) is 0 Å². The molecule has 7 nitrogen and oxygen atoms in total. The minimum absolute atomic E-state index is 0.00858. The van der Waals surface area contributed by atoms with E-state index in [9.17, 15) is 15.0 Å². The summed E-state index contributed by atoms with van der Waals surface area (Å²) in [4.78, 5) is 14.0. The second kappa shape index (κ2) is 8.07. The number of fused-ring (bicyclic) bond motifs is 3. The van der Waals surface area contributed by atoms with Crippen LogP contribution < -0.4 is 9.47 Å². The van der Waals surface area contributed by atoms with E-state index in [2.05, 4.69) is 18.7 Å². The van der Waals surface area contributed by atoms with Gasteiger partial charge in [-0.25, -0.2) is 0 Å². The molecule has 2 aliphatic rings. The third-order valence-electron chi connectivity index (χ3n) is 5.88. The molecule has 0 aromatic heterocycles. The van der Waals surface area contributed by atoms with Gasteiger partial charge >= 0.3 is 5.97 Å². The van der Waals surface area contributed by atoms with Crippen LogP contribution in [0.3, 0.4) is 0 Å². The van der Waals surface area contributed by atoms with E-state index < -0.39 is 0 Å². The number of ether oxygens (including phenoxy) is 3. The van der Waals surface area contributed by atoms with Crippen LogP contribution in [0, 0.1) is 11.8 Å². The Hall–Kier alpha value is -2.15. The maximum Gasteiger partial charge on any atom is 0.302 e. The van der Waals surface area contributed by atoms with Gasteiger partial charge in [-0.05, 0) is 18.8 Å². The van der Waals surface area contributed by atoms with Crippen molar-refractivity contribution in [1.29, 1.82) is 0 Å². The summed E-state index contributed by atoms with van der Waals surface area (Å²) in [6, 6.07) is -0.151. The smallest absolute Gasteiger partial charge is 0.302 e. The molecule has 0 bridgehead atoms. The Balaban J connectivity index is 2.03. The fraction of sp³-hybridized carbons (Fsp3) is 0.667. The van der Waals surface area contributed by atoms with E-state index in [-0.39, 0.29) is 47.0 Å². The standard InChI is InChI=1S/C21H31NO6/c1-11(2)8-13-10-22-7-6-14-17(15(22)9-16(13)28-12(3)23)19(25)21(27-5)20(26-4)18(14)24/h11,13,15-16,24-25H,6-10H2,1-5H3. The fourth-order valence-electron chi connectivity index (χ4n) is 4.84. The minimum atomic E-state index is -0.289. The zero-order valence-electron chi connectivity index (χ0n) is 17.3. The Morgan fingerprint density at radius 2 is 1.82 bits per heavy atom. The summed E-state index contributed by atoms with van der Waals surface area (Å²) in [5.74, 6) is 0.746. The lowest BCUT2D eigenvalue weighted by atomic mass is 9.78. The van der Waals surface area contributed by atoms with E-state index in [0.29, 0.717) is 29.9 Å². The lowest BCUT2D eigenvalue weighted by molar-refractivity contribution is -0.154. The quantitative estimate of drug-likeness (QED) is 0.587. The molecule has 0 radical (unpaired) electrons. The van der Waals surface area contributed by atoms with Crippen molar-refractivity contribution < 1.29 is 29.2 Å². The molecule has 0 amide bonds.